The molecule has 19 heavy (non-hydrogen) atoms. The number of aliphatic hydroxyl groups excluding tert-OH is 1. The quantitative estimate of drug-likeness (QED) is 0.842. The van der Waals surface area contributed by atoms with Gasteiger partial charge in [0.2, 0.25) is 0 Å². The van der Waals surface area contributed by atoms with E-state index in [1.54, 1.807) is 6.07 Å². The van der Waals surface area contributed by atoms with Crippen molar-refractivity contribution in [3.8, 4) is 11.8 Å². The van der Waals surface area contributed by atoms with Crippen LogP contribution in [0, 0.1) is 23.6 Å². The normalized spacial score (nSPS) is 18.1. The highest BCUT2D eigenvalue weighted by molar-refractivity contribution is 5.41. The third-order valence-electron chi connectivity index (χ3n) is 3.01. The highest BCUT2D eigenvalue weighted by atomic mass is 19.1. The number of aliphatic hydroxyl groups is 1. The largest absolute Gasteiger partial charge is 0.384 e. The molecule has 1 atom stereocenters. The topological polar surface area (TPSA) is 38.7 Å². The zero-order valence-electron chi connectivity index (χ0n) is 10.7. The molecule has 1 aromatic carbocycles. The number of hydrogen-bond donors (Lipinski definition) is 1. The lowest BCUT2D eigenvalue weighted by atomic mass is 10.1. The van der Waals surface area contributed by atoms with Crippen molar-refractivity contribution in [1.82, 2.24) is 0 Å². The maximum absolute atomic E-state index is 13.2. The maximum atomic E-state index is 13.2. The Labute approximate surface area is 112 Å². The van der Waals surface area contributed by atoms with Crippen LogP contribution in [-0.4, -0.2) is 31.5 Å². The van der Waals surface area contributed by atoms with Crippen LogP contribution in [0.25, 0.3) is 0 Å². The fourth-order valence-corrected chi connectivity index (χ4v) is 1.98. The summed E-state index contributed by atoms with van der Waals surface area (Å²) in [6.45, 7) is 2.35. The summed E-state index contributed by atoms with van der Waals surface area (Å²) in [5.41, 5.74) is 1.40. The predicted octanol–water partition coefficient (Wildman–Crippen LogP) is 1.72. The molecule has 1 aromatic rings. The fourth-order valence-electron chi connectivity index (χ4n) is 1.98. The van der Waals surface area contributed by atoms with E-state index >= 15 is 0 Å². The van der Waals surface area contributed by atoms with Crippen molar-refractivity contribution in [1.29, 1.82) is 0 Å². The van der Waals surface area contributed by atoms with Gasteiger partial charge < -0.3 is 14.6 Å². The lowest BCUT2D eigenvalue weighted by molar-refractivity contribution is 0.0790. The van der Waals surface area contributed by atoms with Gasteiger partial charge in [-0.05, 0) is 24.1 Å². The van der Waals surface area contributed by atoms with Gasteiger partial charge in [0.1, 0.15) is 12.4 Å². The summed E-state index contributed by atoms with van der Waals surface area (Å²) in [6.07, 6.45) is 1.03. The minimum atomic E-state index is -0.338. The molecule has 0 aliphatic carbocycles. The average molecular weight is 264 g/mol. The maximum Gasteiger partial charge on any atom is 0.124 e. The van der Waals surface area contributed by atoms with Crippen LogP contribution in [0.1, 0.15) is 17.5 Å². The van der Waals surface area contributed by atoms with Crippen molar-refractivity contribution in [2.75, 3.05) is 26.4 Å². The molecule has 102 valence electrons. The van der Waals surface area contributed by atoms with Crippen LogP contribution < -0.4 is 0 Å². The Morgan fingerprint density at radius 3 is 3.11 bits per heavy atom. The Morgan fingerprint density at radius 2 is 2.37 bits per heavy atom. The molecule has 1 fully saturated rings. The standard InChI is InChI=1S/C15H17FO3/c16-15-4-3-14(13(8-15)2-1-6-17)11-19-10-12-5-7-18-9-12/h3-4,8,12,17H,5-7,9-11H2. The number of ether oxygens (including phenoxy) is 2. The van der Waals surface area contributed by atoms with E-state index in [2.05, 4.69) is 11.8 Å². The fraction of sp³-hybridized carbons (Fsp3) is 0.467. The Kier molecular flexibility index (Phi) is 5.34. The van der Waals surface area contributed by atoms with Crippen molar-refractivity contribution in [3.05, 3.63) is 35.1 Å². The first-order valence-electron chi connectivity index (χ1n) is 6.33. The van der Waals surface area contributed by atoms with Crippen LogP contribution in [0.3, 0.4) is 0 Å². The molecule has 3 nitrogen and oxygen atoms in total. The van der Waals surface area contributed by atoms with E-state index in [1.165, 1.54) is 12.1 Å². The smallest absolute Gasteiger partial charge is 0.124 e. The zero-order valence-corrected chi connectivity index (χ0v) is 10.7. The second-order valence-corrected chi connectivity index (χ2v) is 4.51. The van der Waals surface area contributed by atoms with Crippen molar-refractivity contribution in [2.45, 2.75) is 13.0 Å². The van der Waals surface area contributed by atoms with Crippen molar-refractivity contribution < 1.29 is 19.0 Å². The summed E-state index contributed by atoms with van der Waals surface area (Å²) in [5, 5.41) is 8.69. The number of hydrogen-bond acceptors (Lipinski definition) is 3. The molecule has 1 unspecified atom stereocenters. The van der Waals surface area contributed by atoms with Crippen molar-refractivity contribution >= 4 is 0 Å². The van der Waals surface area contributed by atoms with E-state index in [-0.39, 0.29) is 12.4 Å². The van der Waals surface area contributed by atoms with Crippen LogP contribution in [0.15, 0.2) is 18.2 Å². The first kappa shape index (κ1) is 14.0. The Hall–Kier alpha value is -1.41. The first-order chi connectivity index (χ1) is 9.29. The summed E-state index contributed by atoms with van der Waals surface area (Å²) < 4.78 is 24.1. The number of benzene rings is 1. The Balaban J connectivity index is 1.94. The summed E-state index contributed by atoms with van der Waals surface area (Å²) >= 11 is 0. The van der Waals surface area contributed by atoms with E-state index in [0.717, 1.165) is 25.2 Å². The van der Waals surface area contributed by atoms with Crippen LogP contribution >= 0.6 is 0 Å². The molecular weight excluding hydrogens is 247 g/mol. The molecule has 0 bridgehead atoms. The molecule has 2 rings (SSSR count). The Bertz CT molecular complexity index is 470. The van der Waals surface area contributed by atoms with E-state index in [1.807, 2.05) is 0 Å². The van der Waals surface area contributed by atoms with E-state index in [4.69, 9.17) is 14.6 Å². The highest BCUT2D eigenvalue weighted by Gasteiger charge is 2.15. The molecule has 0 saturated carbocycles. The van der Waals surface area contributed by atoms with Gasteiger partial charge in [0.05, 0.1) is 19.8 Å². The van der Waals surface area contributed by atoms with E-state index < -0.39 is 0 Å². The summed E-state index contributed by atoms with van der Waals surface area (Å²) in [7, 11) is 0. The van der Waals surface area contributed by atoms with Crippen LogP contribution in [0.2, 0.25) is 0 Å². The first-order valence-corrected chi connectivity index (χ1v) is 6.33. The summed E-state index contributed by atoms with van der Waals surface area (Å²) in [5.74, 6) is 5.38. The van der Waals surface area contributed by atoms with Gasteiger partial charge >= 0.3 is 0 Å². The third-order valence-corrected chi connectivity index (χ3v) is 3.01. The van der Waals surface area contributed by atoms with E-state index in [0.29, 0.717) is 24.7 Å². The number of halogens is 1. The molecule has 1 aliphatic heterocycles. The van der Waals surface area contributed by atoms with Gasteiger partial charge in [-0.3, -0.25) is 0 Å². The molecule has 0 radical (unpaired) electrons. The summed E-state index contributed by atoms with van der Waals surface area (Å²) in [6, 6.07) is 4.42. The van der Waals surface area contributed by atoms with Crippen molar-refractivity contribution in [3.63, 3.8) is 0 Å². The van der Waals surface area contributed by atoms with Crippen LogP contribution in [-0.2, 0) is 16.1 Å². The van der Waals surface area contributed by atoms with Gasteiger partial charge in [-0.25, -0.2) is 4.39 Å². The minimum Gasteiger partial charge on any atom is -0.384 e. The van der Waals surface area contributed by atoms with Gasteiger partial charge in [-0.1, -0.05) is 17.9 Å². The molecule has 0 aromatic heterocycles. The molecule has 0 amide bonds. The van der Waals surface area contributed by atoms with Crippen LogP contribution in [0.5, 0.6) is 0 Å². The predicted molar refractivity (Wildman–Crippen MR) is 68.9 cm³/mol. The molecule has 1 saturated heterocycles. The SMILES string of the molecule is OCC#Cc1cc(F)ccc1COCC1CCOC1. The zero-order chi connectivity index (χ0) is 13.5. The molecule has 1 heterocycles. The van der Waals surface area contributed by atoms with Gasteiger partial charge in [0.15, 0.2) is 0 Å². The second-order valence-electron chi connectivity index (χ2n) is 4.51. The molecule has 0 spiro atoms. The van der Waals surface area contributed by atoms with E-state index in [9.17, 15) is 4.39 Å². The van der Waals surface area contributed by atoms with Gasteiger partial charge in [-0.15, -0.1) is 0 Å². The minimum absolute atomic E-state index is 0.240. The lowest BCUT2D eigenvalue weighted by Gasteiger charge is -2.10. The molecular formula is C15H17FO3. The number of rotatable bonds is 4. The van der Waals surface area contributed by atoms with Gasteiger partial charge in [0.25, 0.3) is 0 Å². The third kappa shape index (κ3) is 4.32. The van der Waals surface area contributed by atoms with Crippen molar-refractivity contribution in [2.24, 2.45) is 5.92 Å². The second kappa shape index (κ2) is 7.25. The lowest BCUT2D eigenvalue weighted by Crippen LogP contribution is -2.09. The molecule has 1 N–H and O–H groups in total. The summed E-state index contributed by atoms with van der Waals surface area (Å²) in [4.78, 5) is 0. The average Bonchev–Trinajstić information content (AvgIpc) is 2.91. The Morgan fingerprint density at radius 1 is 1.47 bits per heavy atom. The van der Waals surface area contributed by atoms with Gasteiger partial charge in [-0.2, -0.15) is 0 Å². The highest BCUT2D eigenvalue weighted by Crippen LogP contribution is 2.15. The monoisotopic (exact) mass is 264 g/mol. The molecule has 1 aliphatic rings. The van der Waals surface area contributed by atoms with Gasteiger partial charge in [0, 0.05) is 18.1 Å². The van der Waals surface area contributed by atoms with Crippen LogP contribution in [0.4, 0.5) is 4.39 Å². The molecule has 4 heteroatoms.